The van der Waals surface area contributed by atoms with E-state index in [-0.39, 0.29) is 31.7 Å². The van der Waals surface area contributed by atoms with Crippen molar-refractivity contribution in [2.75, 3.05) is 23.3 Å². The Kier molecular flexibility index (Phi) is 6.10. The summed E-state index contributed by atoms with van der Waals surface area (Å²) < 4.78 is 39.6. The summed E-state index contributed by atoms with van der Waals surface area (Å²) in [5.74, 6) is -2.23. The SMILES string of the molecule is CC(C)(C)OC(=O)Nc1cc2ccn(C(=O)OC(C)(C)C)c2c(N2CCC(F)(F)CC2)n1. The standard InChI is InChI=1S/C22H30F2N4O4/c1-20(2,3)31-18(29)26-15-13-14-7-10-28(19(30)32-21(4,5)6)16(14)17(25-15)27-11-8-22(23,24)9-12-27/h7,10,13H,8-9,11-12H2,1-6H3,(H,25,26,29). The van der Waals surface area contributed by atoms with Gasteiger partial charge in [0, 0.05) is 37.5 Å². The number of carbonyl (C=O) groups is 2. The molecule has 0 aromatic carbocycles. The Morgan fingerprint density at radius 2 is 1.66 bits per heavy atom. The molecular formula is C22H30F2N4O4. The molecule has 8 nitrogen and oxygen atoms in total. The third-order valence-corrected chi connectivity index (χ3v) is 4.66. The fourth-order valence-corrected chi connectivity index (χ4v) is 3.35. The zero-order chi connectivity index (χ0) is 23.9. The minimum absolute atomic E-state index is 0.0600. The summed E-state index contributed by atoms with van der Waals surface area (Å²) in [5, 5.41) is 3.19. The maximum atomic E-state index is 13.7. The van der Waals surface area contributed by atoms with Gasteiger partial charge in [0.1, 0.15) is 22.5 Å². The second-order valence-corrected chi connectivity index (χ2v) is 9.90. The van der Waals surface area contributed by atoms with E-state index in [4.69, 9.17) is 9.47 Å². The van der Waals surface area contributed by atoms with E-state index in [1.54, 1.807) is 64.8 Å². The van der Waals surface area contributed by atoms with Crippen LogP contribution in [0.5, 0.6) is 0 Å². The number of hydrogen-bond acceptors (Lipinski definition) is 6. The van der Waals surface area contributed by atoms with Gasteiger partial charge in [0.25, 0.3) is 5.92 Å². The molecule has 1 N–H and O–H groups in total. The van der Waals surface area contributed by atoms with Gasteiger partial charge in [-0.3, -0.25) is 5.32 Å². The number of amides is 1. The number of nitrogens with zero attached hydrogens (tertiary/aromatic N) is 3. The highest BCUT2D eigenvalue weighted by molar-refractivity contribution is 5.99. The second kappa shape index (κ2) is 8.22. The lowest BCUT2D eigenvalue weighted by Crippen LogP contribution is -2.40. The first kappa shape index (κ1) is 23.7. The van der Waals surface area contributed by atoms with Gasteiger partial charge < -0.3 is 14.4 Å². The molecule has 10 heteroatoms. The average Bonchev–Trinajstić information content (AvgIpc) is 3.02. The minimum atomic E-state index is -2.74. The number of piperidine rings is 1. The lowest BCUT2D eigenvalue weighted by Gasteiger charge is -2.33. The van der Waals surface area contributed by atoms with Crippen LogP contribution in [-0.2, 0) is 9.47 Å². The Balaban J connectivity index is 2.02. The first-order valence-electron chi connectivity index (χ1n) is 10.5. The molecule has 1 aliphatic heterocycles. The van der Waals surface area contributed by atoms with Crippen LogP contribution in [0.25, 0.3) is 10.9 Å². The van der Waals surface area contributed by atoms with E-state index in [1.165, 1.54) is 4.57 Å². The van der Waals surface area contributed by atoms with Crippen molar-refractivity contribution in [3.63, 3.8) is 0 Å². The van der Waals surface area contributed by atoms with Crippen LogP contribution in [0, 0.1) is 0 Å². The van der Waals surface area contributed by atoms with Gasteiger partial charge in [-0.15, -0.1) is 0 Å². The van der Waals surface area contributed by atoms with Crippen molar-refractivity contribution in [1.29, 1.82) is 0 Å². The first-order chi connectivity index (χ1) is 14.6. The van der Waals surface area contributed by atoms with Gasteiger partial charge in [-0.05, 0) is 53.7 Å². The highest BCUT2D eigenvalue weighted by atomic mass is 19.3. The predicted octanol–water partition coefficient (Wildman–Crippen LogP) is 5.40. The number of pyridine rings is 1. The van der Waals surface area contributed by atoms with Crippen LogP contribution in [0.15, 0.2) is 18.3 Å². The molecule has 0 radical (unpaired) electrons. The van der Waals surface area contributed by atoms with Crippen molar-refractivity contribution in [3.05, 3.63) is 18.3 Å². The topological polar surface area (TPSA) is 85.7 Å². The van der Waals surface area contributed by atoms with E-state index in [2.05, 4.69) is 10.3 Å². The van der Waals surface area contributed by atoms with Crippen molar-refractivity contribution in [3.8, 4) is 0 Å². The molecule has 32 heavy (non-hydrogen) atoms. The molecule has 2 aromatic heterocycles. The molecule has 0 saturated carbocycles. The molecule has 0 unspecified atom stereocenters. The number of fused-ring (bicyclic) bond motifs is 1. The summed E-state index contributed by atoms with van der Waals surface area (Å²) in [6, 6.07) is 3.28. The van der Waals surface area contributed by atoms with E-state index in [9.17, 15) is 18.4 Å². The summed E-state index contributed by atoms with van der Waals surface area (Å²) in [6.07, 6.45) is -0.405. The Hall–Kier alpha value is -2.91. The van der Waals surface area contributed by atoms with E-state index in [0.717, 1.165) is 0 Å². The first-order valence-corrected chi connectivity index (χ1v) is 10.5. The number of hydrogen-bond donors (Lipinski definition) is 1. The smallest absolute Gasteiger partial charge is 0.419 e. The summed E-state index contributed by atoms with van der Waals surface area (Å²) in [5.41, 5.74) is -0.985. The van der Waals surface area contributed by atoms with E-state index in [0.29, 0.717) is 16.7 Å². The summed E-state index contributed by atoms with van der Waals surface area (Å²) in [6.45, 7) is 10.6. The van der Waals surface area contributed by atoms with Crippen molar-refractivity contribution >= 4 is 34.7 Å². The monoisotopic (exact) mass is 452 g/mol. The van der Waals surface area contributed by atoms with Crippen LogP contribution in [-0.4, -0.2) is 52.0 Å². The lowest BCUT2D eigenvalue weighted by atomic mass is 10.1. The fourth-order valence-electron chi connectivity index (χ4n) is 3.35. The van der Waals surface area contributed by atoms with E-state index in [1.807, 2.05) is 0 Å². The summed E-state index contributed by atoms with van der Waals surface area (Å²) in [7, 11) is 0. The van der Waals surface area contributed by atoms with Crippen LogP contribution >= 0.6 is 0 Å². The Labute approximate surface area is 185 Å². The number of alkyl halides is 2. The zero-order valence-electron chi connectivity index (χ0n) is 19.3. The molecule has 0 atom stereocenters. The van der Waals surface area contributed by atoms with Crippen molar-refractivity contribution in [2.45, 2.75) is 71.5 Å². The van der Waals surface area contributed by atoms with Gasteiger partial charge in [0.2, 0.25) is 0 Å². The number of aromatic nitrogens is 2. The Morgan fingerprint density at radius 3 is 2.22 bits per heavy atom. The molecule has 176 valence electrons. The van der Waals surface area contributed by atoms with Crippen LogP contribution in [0.3, 0.4) is 0 Å². The van der Waals surface area contributed by atoms with Crippen molar-refractivity contribution in [1.82, 2.24) is 9.55 Å². The normalized spacial score (nSPS) is 16.7. The number of nitrogens with one attached hydrogen (secondary N) is 1. The number of rotatable bonds is 2. The highest BCUT2D eigenvalue weighted by Gasteiger charge is 2.35. The number of ether oxygens (including phenoxy) is 2. The summed E-state index contributed by atoms with van der Waals surface area (Å²) in [4.78, 5) is 31.2. The van der Waals surface area contributed by atoms with Gasteiger partial charge in [-0.2, -0.15) is 0 Å². The molecular weight excluding hydrogens is 422 g/mol. The van der Waals surface area contributed by atoms with Crippen LogP contribution < -0.4 is 10.2 Å². The van der Waals surface area contributed by atoms with Crippen molar-refractivity contribution in [2.24, 2.45) is 0 Å². The molecule has 0 bridgehead atoms. The van der Waals surface area contributed by atoms with Crippen LogP contribution in [0.1, 0.15) is 54.4 Å². The minimum Gasteiger partial charge on any atom is -0.444 e. The predicted molar refractivity (Wildman–Crippen MR) is 118 cm³/mol. The molecule has 3 heterocycles. The molecule has 0 aliphatic carbocycles. The number of carbonyl (C=O) groups excluding carboxylic acids is 2. The van der Waals surface area contributed by atoms with E-state index >= 15 is 0 Å². The summed E-state index contributed by atoms with van der Waals surface area (Å²) >= 11 is 0. The van der Waals surface area contributed by atoms with E-state index < -0.39 is 29.3 Å². The quantitative estimate of drug-likeness (QED) is 0.656. The van der Waals surface area contributed by atoms with Crippen LogP contribution in [0.2, 0.25) is 0 Å². The third-order valence-electron chi connectivity index (χ3n) is 4.66. The van der Waals surface area contributed by atoms with Gasteiger partial charge in [0.15, 0.2) is 5.82 Å². The second-order valence-electron chi connectivity index (χ2n) is 9.90. The number of anilines is 2. The van der Waals surface area contributed by atoms with Gasteiger partial charge in [-0.1, -0.05) is 0 Å². The molecule has 1 aliphatic rings. The molecule has 1 amide bonds. The van der Waals surface area contributed by atoms with Crippen LogP contribution in [0.4, 0.5) is 30.0 Å². The Bertz CT molecular complexity index is 1010. The molecule has 2 aromatic rings. The largest absolute Gasteiger partial charge is 0.444 e. The average molecular weight is 453 g/mol. The lowest BCUT2D eigenvalue weighted by molar-refractivity contribution is -0.0221. The molecule has 0 spiro atoms. The maximum absolute atomic E-state index is 13.7. The van der Waals surface area contributed by atoms with Gasteiger partial charge >= 0.3 is 12.2 Å². The highest BCUT2D eigenvalue weighted by Crippen LogP contribution is 2.35. The molecule has 1 fully saturated rings. The maximum Gasteiger partial charge on any atom is 0.419 e. The number of halogens is 2. The zero-order valence-corrected chi connectivity index (χ0v) is 19.3. The molecule has 3 rings (SSSR count). The van der Waals surface area contributed by atoms with Crippen molar-refractivity contribution < 1.29 is 27.8 Å². The van der Waals surface area contributed by atoms with Gasteiger partial charge in [0.05, 0.1) is 0 Å². The third kappa shape index (κ3) is 5.86. The molecule has 1 saturated heterocycles. The van der Waals surface area contributed by atoms with Gasteiger partial charge in [-0.25, -0.2) is 27.9 Å². The Morgan fingerprint density at radius 1 is 1.06 bits per heavy atom. The fraction of sp³-hybridized carbons (Fsp3) is 0.591.